The number of rotatable bonds is 6. The van der Waals surface area contributed by atoms with Crippen LogP contribution in [0.3, 0.4) is 0 Å². The third kappa shape index (κ3) is 4.11. The summed E-state index contributed by atoms with van der Waals surface area (Å²) in [6, 6.07) is 5.59. The highest BCUT2D eigenvalue weighted by Crippen LogP contribution is 2.25. The maximum absolute atomic E-state index is 12.4. The van der Waals surface area contributed by atoms with Gasteiger partial charge in [-0.1, -0.05) is 6.07 Å². The number of hydrogen-bond donors (Lipinski definition) is 2. The standard InChI is InChI=1S/C19H23N3O4/c1-12-4-3-6-20-17(12)21-7-8-22-18(23)16-13(2)10-15(26-19(16)24)14-5-9-25-11-14/h3-4,6,10,14H,5,7-9,11H2,1-2H3,(H,20,21)(H,22,23). The van der Waals surface area contributed by atoms with E-state index >= 15 is 0 Å². The van der Waals surface area contributed by atoms with Gasteiger partial charge in [0.05, 0.1) is 6.61 Å². The lowest BCUT2D eigenvalue weighted by molar-refractivity contribution is 0.0950. The summed E-state index contributed by atoms with van der Waals surface area (Å²) in [5, 5.41) is 5.90. The SMILES string of the molecule is Cc1cccnc1NCCNC(=O)c1c(C)cc(C2CCOC2)oc1=O. The van der Waals surface area contributed by atoms with Gasteiger partial charge < -0.3 is 19.8 Å². The Morgan fingerprint density at radius 3 is 2.85 bits per heavy atom. The van der Waals surface area contributed by atoms with E-state index in [-0.39, 0.29) is 11.5 Å². The molecule has 7 heteroatoms. The second-order valence-electron chi connectivity index (χ2n) is 6.41. The van der Waals surface area contributed by atoms with Gasteiger partial charge in [0.25, 0.3) is 5.91 Å². The molecule has 0 aromatic carbocycles. The van der Waals surface area contributed by atoms with Crippen molar-refractivity contribution in [2.24, 2.45) is 0 Å². The first-order valence-corrected chi connectivity index (χ1v) is 8.72. The van der Waals surface area contributed by atoms with Gasteiger partial charge >= 0.3 is 5.63 Å². The molecule has 0 aliphatic carbocycles. The fraction of sp³-hybridized carbons (Fsp3) is 0.421. The van der Waals surface area contributed by atoms with E-state index in [0.29, 0.717) is 37.6 Å². The Bertz CT molecular complexity index is 841. The molecule has 3 heterocycles. The summed E-state index contributed by atoms with van der Waals surface area (Å²) in [4.78, 5) is 28.9. The molecule has 0 saturated carbocycles. The van der Waals surface area contributed by atoms with Gasteiger partial charge in [-0.05, 0) is 43.5 Å². The molecule has 0 bridgehead atoms. The van der Waals surface area contributed by atoms with Crippen molar-refractivity contribution in [1.82, 2.24) is 10.3 Å². The van der Waals surface area contributed by atoms with E-state index < -0.39 is 11.5 Å². The van der Waals surface area contributed by atoms with Crippen molar-refractivity contribution in [3.05, 3.63) is 57.3 Å². The molecule has 1 atom stereocenters. The summed E-state index contributed by atoms with van der Waals surface area (Å²) in [5.41, 5.74) is 1.11. The van der Waals surface area contributed by atoms with Gasteiger partial charge in [-0.2, -0.15) is 0 Å². The minimum absolute atomic E-state index is 0.0571. The van der Waals surface area contributed by atoms with Crippen LogP contribution >= 0.6 is 0 Å². The van der Waals surface area contributed by atoms with Crippen molar-refractivity contribution in [2.75, 3.05) is 31.6 Å². The van der Waals surface area contributed by atoms with Crippen molar-refractivity contribution in [3.8, 4) is 0 Å². The third-order valence-electron chi connectivity index (χ3n) is 4.44. The molecule has 1 fully saturated rings. The molecule has 138 valence electrons. The van der Waals surface area contributed by atoms with Crippen LogP contribution in [0.2, 0.25) is 0 Å². The van der Waals surface area contributed by atoms with Gasteiger partial charge in [0.2, 0.25) is 0 Å². The first-order chi connectivity index (χ1) is 12.6. The van der Waals surface area contributed by atoms with E-state index in [2.05, 4.69) is 15.6 Å². The van der Waals surface area contributed by atoms with Crippen LogP contribution in [0.5, 0.6) is 0 Å². The van der Waals surface area contributed by atoms with E-state index in [9.17, 15) is 9.59 Å². The van der Waals surface area contributed by atoms with Crippen LogP contribution in [0.25, 0.3) is 0 Å². The van der Waals surface area contributed by atoms with Gasteiger partial charge in [0, 0.05) is 31.8 Å². The molecular formula is C19H23N3O4. The molecule has 1 unspecified atom stereocenters. The third-order valence-corrected chi connectivity index (χ3v) is 4.44. The normalized spacial score (nSPS) is 16.5. The maximum atomic E-state index is 12.4. The molecule has 0 radical (unpaired) electrons. The molecule has 2 aromatic rings. The zero-order valence-corrected chi connectivity index (χ0v) is 15.0. The predicted octanol–water partition coefficient (Wildman–Crippen LogP) is 2.00. The zero-order valence-electron chi connectivity index (χ0n) is 15.0. The van der Waals surface area contributed by atoms with Crippen molar-refractivity contribution in [2.45, 2.75) is 26.2 Å². The highest BCUT2D eigenvalue weighted by atomic mass is 16.5. The van der Waals surface area contributed by atoms with Crippen molar-refractivity contribution in [1.29, 1.82) is 0 Å². The van der Waals surface area contributed by atoms with Crippen LogP contribution in [0.1, 0.15) is 39.6 Å². The maximum Gasteiger partial charge on any atom is 0.349 e. The summed E-state index contributed by atoms with van der Waals surface area (Å²) < 4.78 is 10.7. The molecule has 26 heavy (non-hydrogen) atoms. The average Bonchev–Trinajstić information content (AvgIpc) is 3.14. The Morgan fingerprint density at radius 1 is 1.31 bits per heavy atom. The number of nitrogens with one attached hydrogen (secondary N) is 2. The quantitative estimate of drug-likeness (QED) is 0.768. The second-order valence-corrected chi connectivity index (χ2v) is 6.41. The Hall–Kier alpha value is -2.67. The Labute approximate surface area is 151 Å². The highest BCUT2D eigenvalue weighted by molar-refractivity contribution is 5.95. The lowest BCUT2D eigenvalue weighted by Crippen LogP contribution is -2.33. The fourth-order valence-corrected chi connectivity index (χ4v) is 2.98. The van der Waals surface area contributed by atoms with E-state index in [0.717, 1.165) is 17.8 Å². The van der Waals surface area contributed by atoms with Gasteiger partial charge in [0.1, 0.15) is 17.1 Å². The minimum atomic E-state index is -0.599. The molecular weight excluding hydrogens is 334 g/mol. The van der Waals surface area contributed by atoms with Crippen LogP contribution < -0.4 is 16.3 Å². The van der Waals surface area contributed by atoms with Crippen LogP contribution in [-0.2, 0) is 4.74 Å². The number of hydrogen-bond acceptors (Lipinski definition) is 6. The number of carbonyl (C=O) groups excluding carboxylic acids is 1. The van der Waals surface area contributed by atoms with Crippen LogP contribution in [0.4, 0.5) is 5.82 Å². The molecule has 2 N–H and O–H groups in total. The van der Waals surface area contributed by atoms with E-state index in [1.807, 2.05) is 19.1 Å². The van der Waals surface area contributed by atoms with E-state index in [1.165, 1.54) is 0 Å². The molecule has 1 amide bonds. The van der Waals surface area contributed by atoms with Crippen molar-refractivity contribution >= 4 is 11.7 Å². The highest BCUT2D eigenvalue weighted by Gasteiger charge is 2.23. The monoisotopic (exact) mass is 357 g/mol. The smallest absolute Gasteiger partial charge is 0.349 e. The van der Waals surface area contributed by atoms with E-state index in [4.69, 9.17) is 9.15 Å². The number of aromatic nitrogens is 1. The Morgan fingerprint density at radius 2 is 2.15 bits per heavy atom. The van der Waals surface area contributed by atoms with Crippen molar-refractivity contribution < 1.29 is 13.9 Å². The number of aryl methyl sites for hydroxylation is 2. The lowest BCUT2D eigenvalue weighted by Gasteiger charge is -2.11. The molecule has 1 saturated heterocycles. The largest absolute Gasteiger partial charge is 0.427 e. The molecule has 1 aliphatic rings. The van der Waals surface area contributed by atoms with Gasteiger partial charge in [-0.15, -0.1) is 0 Å². The molecule has 1 aliphatic heterocycles. The molecule has 2 aromatic heterocycles. The zero-order chi connectivity index (χ0) is 18.5. The Kier molecular flexibility index (Phi) is 5.68. The summed E-state index contributed by atoms with van der Waals surface area (Å²) in [6.07, 6.45) is 2.53. The minimum Gasteiger partial charge on any atom is -0.427 e. The average molecular weight is 357 g/mol. The van der Waals surface area contributed by atoms with Gasteiger partial charge in [-0.25, -0.2) is 9.78 Å². The number of anilines is 1. The first kappa shape index (κ1) is 18.1. The van der Waals surface area contributed by atoms with E-state index in [1.54, 1.807) is 19.2 Å². The molecule has 7 nitrogen and oxygen atoms in total. The van der Waals surface area contributed by atoms with Crippen molar-refractivity contribution in [3.63, 3.8) is 0 Å². The first-order valence-electron chi connectivity index (χ1n) is 8.72. The summed E-state index contributed by atoms with van der Waals surface area (Å²) in [6.45, 7) is 5.79. The van der Waals surface area contributed by atoms with Crippen LogP contribution in [0.15, 0.2) is 33.6 Å². The van der Waals surface area contributed by atoms with Crippen LogP contribution in [-0.4, -0.2) is 37.2 Å². The number of nitrogens with zero attached hydrogens (tertiary/aromatic N) is 1. The fourth-order valence-electron chi connectivity index (χ4n) is 2.98. The Balaban J connectivity index is 1.59. The number of pyridine rings is 1. The van der Waals surface area contributed by atoms with Gasteiger partial charge in [0.15, 0.2) is 0 Å². The van der Waals surface area contributed by atoms with Crippen LogP contribution in [0, 0.1) is 13.8 Å². The molecule has 3 rings (SSSR count). The lowest BCUT2D eigenvalue weighted by atomic mass is 10.0. The summed E-state index contributed by atoms with van der Waals surface area (Å²) in [5.74, 6) is 1.03. The van der Waals surface area contributed by atoms with Gasteiger partial charge in [-0.3, -0.25) is 4.79 Å². The number of ether oxygens (including phenoxy) is 1. The summed E-state index contributed by atoms with van der Waals surface area (Å²) in [7, 11) is 0. The number of amides is 1. The molecule has 0 spiro atoms. The summed E-state index contributed by atoms with van der Waals surface area (Å²) >= 11 is 0. The predicted molar refractivity (Wildman–Crippen MR) is 97.7 cm³/mol. The number of carbonyl (C=O) groups is 1. The second kappa shape index (κ2) is 8.14. The topological polar surface area (TPSA) is 93.5 Å².